The van der Waals surface area contributed by atoms with E-state index in [9.17, 15) is 13.0 Å². The Balaban J connectivity index is 0.00000180. The van der Waals surface area contributed by atoms with Gasteiger partial charge in [-0.1, -0.05) is 38.1 Å². The van der Waals surface area contributed by atoms with Crippen molar-refractivity contribution in [3.8, 4) is 0 Å². The van der Waals surface area contributed by atoms with Crippen molar-refractivity contribution in [2.24, 2.45) is 0 Å². The van der Waals surface area contributed by atoms with Crippen LogP contribution in [0.4, 0.5) is 0 Å². The molecule has 2 aromatic rings. The summed E-state index contributed by atoms with van der Waals surface area (Å²) in [6.07, 6.45) is 1.51. The SMILES string of the molecule is CCc1cc(S(=O)(=O)[O-])c2cccc(CC)c2c1.[K+]. The molecular formula is C14H15KO3S. The first kappa shape index (κ1) is 17.3. The fourth-order valence-corrected chi connectivity index (χ4v) is 2.93. The van der Waals surface area contributed by atoms with E-state index in [1.165, 1.54) is 6.07 Å². The topological polar surface area (TPSA) is 57.2 Å². The summed E-state index contributed by atoms with van der Waals surface area (Å²) in [5.74, 6) is 0. The molecule has 0 aliphatic carbocycles. The van der Waals surface area contributed by atoms with Crippen molar-refractivity contribution in [1.29, 1.82) is 0 Å². The summed E-state index contributed by atoms with van der Waals surface area (Å²) in [6, 6.07) is 8.91. The second-order valence-corrected chi connectivity index (χ2v) is 5.62. The first-order chi connectivity index (χ1) is 8.47. The van der Waals surface area contributed by atoms with Crippen LogP contribution in [0.5, 0.6) is 0 Å². The fourth-order valence-electron chi connectivity index (χ4n) is 2.19. The molecule has 2 aromatic carbocycles. The smallest absolute Gasteiger partial charge is 0.744 e. The van der Waals surface area contributed by atoms with Crippen LogP contribution < -0.4 is 51.4 Å². The number of rotatable bonds is 3. The molecule has 0 saturated heterocycles. The van der Waals surface area contributed by atoms with Gasteiger partial charge in [0.2, 0.25) is 0 Å². The Labute approximate surface area is 156 Å². The maximum absolute atomic E-state index is 11.4. The molecule has 0 fully saturated rings. The molecule has 0 saturated carbocycles. The van der Waals surface area contributed by atoms with E-state index < -0.39 is 10.1 Å². The molecule has 0 bridgehead atoms. The van der Waals surface area contributed by atoms with Crippen LogP contribution in [0, 0.1) is 0 Å². The van der Waals surface area contributed by atoms with E-state index in [2.05, 4.69) is 0 Å². The largest absolute Gasteiger partial charge is 1.00 e. The zero-order valence-corrected chi connectivity index (χ0v) is 15.4. The van der Waals surface area contributed by atoms with E-state index in [-0.39, 0.29) is 56.3 Å². The summed E-state index contributed by atoms with van der Waals surface area (Å²) in [6.45, 7) is 3.95. The molecule has 0 N–H and O–H groups in total. The standard InChI is InChI=1S/C14H16O3S.K/c1-3-10-8-13-11(4-2)6-5-7-12(13)14(9-10)18(15,16)17;/h5-9H,3-4H2,1-2H3,(H,15,16,17);/q;+1/p-1. The average molecular weight is 302 g/mol. The summed E-state index contributed by atoms with van der Waals surface area (Å²) in [4.78, 5) is -0.104. The number of benzene rings is 2. The Bertz CT molecular complexity index is 693. The molecule has 0 aliphatic rings. The van der Waals surface area contributed by atoms with Gasteiger partial charge in [-0.05, 0) is 40.8 Å². The second-order valence-electron chi connectivity index (χ2n) is 4.27. The zero-order valence-electron chi connectivity index (χ0n) is 11.4. The van der Waals surface area contributed by atoms with Crippen molar-refractivity contribution in [1.82, 2.24) is 0 Å². The van der Waals surface area contributed by atoms with E-state index in [0.29, 0.717) is 11.8 Å². The summed E-state index contributed by atoms with van der Waals surface area (Å²) >= 11 is 0. The van der Waals surface area contributed by atoms with E-state index in [4.69, 9.17) is 0 Å². The van der Waals surface area contributed by atoms with Crippen molar-refractivity contribution >= 4 is 20.9 Å². The number of hydrogen-bond donors (Lipinski definition) is 0. The summed E-state index contributed by atoms with van der Waals surface area (Å²) in [7, 11) is -4.44. The molecule has 0 radical (unpaired) electrons. The van der Waals surface area contributed by atoms with Gasteiger partial charge in [0.05, 0.1) is 4.90 Å². The van der Waals surface area contributed by atoms with Gasteiger partial charge < -0.3 is 4.55 Å². The third-order valence-electron chi connectivity index (χ3n) is 3.17. The molecule has 5 heteroatoms. The second kappa shape index (κ2) is 6.80. The minimum Gasteiger partial charge on any atom is -0.744 e. The van der Waals surface area contributed by atoms with Gasteiger partial charge >= 0.3 is 51.4 Å². The van der Waals surface area contributed by atoms with Crippen molar-refractivity contribution in [3.63, 3.8) is 0 Å². The predicted molar refractivity (Wildman–Crippen MR) is 70.7 cm³/mol. The predicted octanol–water partition coefficient (Wildman–Crippen LogP) is -0.127. The molecule has 3 nitrogen and oxygen atoms in total. The quantitative estimate of drug-likeness (QED) is 0.586. The van der Waals surface area contributed by atoms with Crippen LogP contribution in [0.2, 0.25) is 0 Å². The van der Waals surface area contributed by atoms with Crippen molar-refractivity contribution in [2.45, 2.75) is 31.6 Å². The molecule has 0 spiro atoms. The minimum absolute atomic E-state index is 0. The maximum Gasteiger partial charge on any atom is 1.00 e. The molecule has 0 atom stereocenters. The van der Waals surface area contributed by atoms with E-state index in [1.54, 1.807) is 12.1 Å². The van der Waals surface area contributed by atoms with Gasteiger partial charge in [-0.15, -0.1) is 0 Å². The van der Waals surface area contributed by atoms with Crippen LogP contribution in [0.3, 0.4) is 0 Å². The van der Waals surface area contributed by atoms with E-state index in [0.717, 1.165) is 22.9 Å². The Morgan fingerprint density at radius 3 is 2.26 bits per heavy atom. The van der Waals surface area contributed by atoms with Gasteiger partial charge in [0.25, 0.3) is 0 Å². The van der Waals surface area contributed by atoms with Gasteiger partial charge in [0, 0.05) is 0 Å². The molecule has 0 aromatic heterocycles. The summed E-state index contributed by atoms with van der Waals surface area (Å²) in [5.41, 5.74) is 1.94. The maximum atomic E-state index is 11.4. The normalized spacial score (nSPS) is 11.3. The molecular weight excluding hydrogens is 287 g/mol. The monoisotopic (exact) mass is 302 g/mol. The van der Waals surface area contributed by atoms with Crippen LogP contribution in [0.25, 0.3) is 10.8 Å². The molecule has 0 unspecified atom stereocenters. The Kier molecular flexibility index (Phi) is 6.19. The summed E-state index contributed by atoms with van der Waals surface area (Å²) in [5, 5.41) is 1.40. The van der Waals surface area contributed by atoms with Crippen LogP contribution in [-0.4, -0.2) is 13.0 Å². The Morgan fingerprint density at radius 1 is 1.05 bits per heavy atom. The van der Waals surface area contributed by atoms with Gasteiger partial charge in [0.1, 0.15) is 10.1 Å². The fraction of sp³-hybridized carbons (Fsp3) is 0.286. The number of fused-ring (bicyclic) bond motifs is 1. The molecule has 19 heavy (non-hydrogen) atoms. The van der Waals surface area contributed by atoms with Gasteiger partial charge in [-0.2, -0.15) is 0 Å². The van der Waals surface area contributed by atoms with Gasteiger partial charge in [0.15, 0.2) is 0 Å². The van der Waals surface area contributed by atoms with Crippen molar-refractivity contribution in [3.05, 3.63) is 41.5 Å². The van der Waals surface area contributed by atoms with Crippen LogP contribution in [-0.2, 0) is 23.0 Å². The third kappa shape index (κ3) is 3.67. The van der Waals surface area contributed by atoms with Gasteiger partial charge in [-0.25, -0.2) is 8.42 Å². The van der Waals surface area contributed by atoms with Crippen LogP contribution in [0.15, 0.2) is 35.2 Å². The van der Waals surface area contributed by atoms with Crippen molar-refractivity contribution in [2.75, 3.05) is 0 Å². The number of hydrogen-bond acceptors (Lipinski definition) is 3. The first-order valence-corrected chi connectivity index (χ1v) is 7.38. The third-order valence-corrected chi connectivity index (χ3v) is 4.04. The van der Waals surface area contributed by atoms with E-state index in [1.807, 2.05) is 26.0 Å². The zero-order chi connectivity index (χ0) is 13.3. The molecule has 0 aliphatic heterocycles. The Hall–Kier alpha value is 0.246. The minimum atomic E-state index is -4.44. The van der Waals surface area contributed by atoms with Crippen molar-refractivity contribution < 1.29 is 64.4 Å². The Morgan fingerprint density at radius 2 is 1.74 bits per heavy atom. The molecule has 96 valence electrons. The molecule has 0 amide bonds. The summed E-state index contributed by atoms with van der Waals surface area (Å²) < 4.78 is 34.1. The van der Waals surface area contributed by atoms with Crippen LogP contribution in [0.1, 0.15) is 25.0 Å². The molecule has 0 heterocycles. The average Bonchev–Trinajstić information content (AvgIpc) is 2.35. The van der Waals surface area contributed by atoms with Gasteiger partial charge in [-0.3, -0.25) is 0 Å². The molecule has 2 rings (SSSR count). The first-order valence-electron chi connectivity index (χ1n) is 5.97. The number of aryl methyl sites for hydroxylation is 2. The van der Waals surface area contributed by atoms with E-state index >= 15 is 0 Å². The van der Waals surface area contributed by atoms with Crippen LogP contribution >= 0.6 is 0 Å².